The van der Waals surface area contributed by atoms with E-state index in [0.29, 0.717) is 16.4 Å². The van der Waals surface area contributed by atoms with Gasteiger partial charge in [0.15, 0.2) is 0 Å². The van der Waals surface area contributed by atoms with Crippen LogP contribution in [0.25, 0.3) is 5.69 Å². The minimum Gasteiger partial charge on any atom is -0.373 e. The lowest BCUT2D eigenvalue weighted by atomic mass is 10.3. The number of aromatic nitrogens is 3. The van der Waals surface area contributed by atoms with Gasteiger partial charge in [0, 0.05) is 16.1 Å². The van der Waals surface area contributed by atoms with Crippen molar-refractivity contribution in [3.63, 3.8) is 0 Å². The van der Waals surface area contributed by atoms with Crippen LogP contribution in [0.3, 0.4) is 0 Å². The molecule has 8 heteroatoms. The highest BCUT2D eigenvalue weighted by molar-refractivity contribution is 7.11. The highest BCUT2D eigenvalue weighted by Crippen LogP contribution is 2.25. The van der Waals surface area contributed by atoms with Gasteiger partial charge in [0.05, 0.1) is 23.6 Å². The zero-order chi connectivity index (χ0) is 17.3. The van der Waals surface area contributed by atoms with Gasteiger partial charge in [0.25, 0.3) is 5.56 Å². The molecule has 3 rings (SSSR count). The molecule has 0 aliphatic rings. The summed E-state index contributed by atoms with van der Waals surface area (Å²) in [5.74, 6) is 0. The molecular weight excluding hydrogens is 367 g/mol. The van der Waals surface area contributed by atoms with Crippen molar-refractivity contribution in [2.45, 2.75) is 19.9 Å². The summed E-state index contributed by atoms with van der Waals surface area (Å²) in [6, 6.07) is 6.73. The van der Waals surface area contributed by atoms with E-state index in [0.717, 1.165) is 9.88 Å². The maximum absolute atomic E-state index is 12.5. The van der Waals surface area contributed by atoms with Crippen molar-refractivity contribution in [1.29, 1.82) is 0 Å². The van der Waals surface area contributed by atoms with E-state index in [1.54, 1.807) is 35.6 Å². The zero-order valence-electron chi connectivity index (χ0n) is 13.0. The van der Waals surface area contributed by atoms with E-state index in [4.69, 9.17) is 23.2 Å². The van der Waals surface area contributed by atoms with E-state index in [-0.39, 0.29) is 11.1 Å². The second kappa shape index (κ2) is 6.93. The average Bonchev–Trinajstić information content (AvgIpc) is 3.00. The van der Waals surface area contributed by atoms with E-state index < -0.39 is 5.56 Å². The molecule has 1 aromatic carbocycles. The number of nitrogens with one attached hydrogen (secondary N) is 1. The number of rotatable bonds is 4. The standard InChI is InChI=1S/C16H14Cl2N4OS/c1-9-7-19-15(24-9)10(2)21-13-8-20-22(16(23)14(13)18)12-5-3-11(17)4-6-12/h3-8,10,21H,1-2H3. The molecule has 0 saturated carbocycles. The van der Waals surface area contributed by atoms with Crippen LogP contribution in [0.4, 0.5) is 5.69 Å². The minimum absolute atomic E-state index is 0.0752. The van der Waals surface area contributed by atoms with Gasteiger partial charge in [-0.3, -0.25) is 4.79 Å². The molecule has 2 heterocycles. The lowest BCUT2D eigenvalue weighted by Gasteiger charge is -2.14. The van der Waals surface area contributed by atoms with Crippen LogP contribution in [0.5, 0.6) is 0 Å². The van der Waals surface area contributed by atoms with Crippen LogP contribution < -0.4 is 10.9 Å². The maximum atomic E-state index is 12.5. The number of halogens is 2. The van der Waals surface area contributed by atoms with Crippen LogP contribution in [-0.2, 0) is 0 Å². The van der Waals surface area contributed by atoms with Crippen molar-refractivity contribution in [2.75, 3.05) is 5.32 Å². The summed E-state index contributed by atoms with van der Waals surface area (Å²) in [4.78, 5) is 17.9. The topological polar surface area (TPSA) is 59.8 Å². The Morgan fingerprint density at radius 1 is 1.21 bits per heavy atom. The number of benzene rings is 1. The number of aryl methyl sites for hydroxylation is 1. The molecule has 0 aliphatic carbocycles. The summed E-state index contributed by atoms with van der Waals surface area (Å²) < 4.78 is 1.24. The van der Waals surface area contributed by atoms with E-state index in [1.165, 1.54) is 10.9 Å². The van der Waals surface area contributed by atoms with Crippen molar-refractivity contribution >= 4 is 40.2 Å². The lowest BCUT2D eigenvalue weighted by Crippen LogP contribution is -2.23. The third-order valence-corrected chi connectivity index (χ3v) is 5.08. The molecule has 0 radical (unpaired) electrons. The zero-order valence-corrected chi connectivity index (χ0v) is 15.3. The first-order valence-electron chi connectivity index (χ1n) is 7.18. The summed E-state index contributed by atoms with van der Waals surface area (Å²) in [5, 5.41) is 8.97. The third kappa shape index (κ3) is 3.45. The van der Waals surface area contributed by atoms with Crippen LogP contribution in [0.2, 0.25) is 10.0 Å². The Balaban J connectivity index is 1.90. The normalized spacial score (nSPS) is 12.2. The van der Waals surface area contributed by atoms with Gasteiger partial charge in [-0.2, -0.15) is 9.78 Å². The van der Waals surface area contributed by atoms with Gasteiger partial charge in [-0.05, 0) is 38.1 Å². The van der Waals surface area contributed by atoms with Crippen LogP contribution in [-0.4, -0.2) is 14.8 Å². The lowest BCUT2D eigenvalue weighted by molar-refractivity contribution is 0.798. The molecule has 0 fully saturated rings. The highest BCUT2D eigenvalue weighted by Gasteiger charge is 2.15. The number of anilines is 1. The van der Waals surface area contributed by atoms with Gasteiger partial charge >= 0.3 is 0 Å². The number of hydrogen-bond donors (Lipinski definition) is 1. The van der Waals surface area contributed by atoms with Gasteiger partial charge < -0.3 is 5.32 Å². The van der Waals surface area contributed by atoms with E-state index >= 15 is 0 Å². The smallest absolute Gasteiger partial charge is 0.292 e. The molecule has 1 atom stereocenters. The van der Waals surface area contributed by atoms with Gasteiger partial charge in [0.1, 0.15) is 10.0 Å². The minimum atomic E-state index is -0.397. The molecule has 0 saturated heterocycles. The first-order valence-corrected chi connectivity index (χ1v) is 8.75. The summed E-state index contributed by atoms with van der Waals surface area (Å²) in [5.41, 5.74) is 0.681. The first-order chi connectivity index (χ1) is 11.5. The molecule has 1 unspecified atom stereocenters. The Morgan fingerprint density at radius 3 is 2.54 bits per heavy atom. The predicted octanol–water partition coefficient (Wildman–Crippen LogP) is 4.48. The van der Waals surface area contributed by atoms with Crippen molar-refractivity contribution in [2.24, 2.45) is 0 Å². The molecule has 0 amide bonds. The maximum Gasteiger partial charge on any atom is 0.292 e. The van der Waals surface area contributed by atoms with Gasteiger partial charge in [-0.15, -0.1) is 11.3 Å². The molecule has 24 heavy (non-hydrogen) atoms. The fourth-order valence-electron chi connectivity index (χ4n) is 2.17. The van der Waals surface area contributed by atoms with Gasteiger partial charge in [-0.1, -0.05) is 23.2 Å². The van der Waals surface area contributed by atoms with Crippen molar-refractivity contribution < 1.29 is 0 Å². The molecule has 0 bridgehead atoms. The van der Waals surface area contributed by atoms with Crippen LogP contribution in [0.15, 0.2) is 41.5 Å². The fraction of sp³-hybridized carbons (Fsp3) is 0.188. The summed E-state index contributed by atoms with van der Waals surface area (Å²) in [6.45, 7) is 3.95. The van der Waals surface area contributed by atoms with Crippen molar-refractivity contribution in [3.8, 4) is 5.69 Å². The Bertz CT molecular complexity index is 921. The van der Waals surface area contributed by atoms with E-state index in [2.05, 4.69) is 15.4 Å². The Kier molecular flexibility index (Phi) is 4.89. The molecule has 0 spiro atoms. The Hall–Kier alpha value is -1.89. The quantitative estimate of drug-likeness (QED) is 0.724. The second-order valence-corrected chi connectivity index (χ2v) is 7.32. The second-order valence-electron chi connectivity index (χ2n) is 5.24. The molecule has 3 aromatic rings. The molecule has 124 valence electrons. The average molecular weight is 381 g/mol. The highest BCUT2D eigenvalue weighted by atomic mass is 35.5. The third-order valence-electron chi connectivity index (χ3n) is 3.37. The number of thiazole rings is 1. The monoisotopic (exact) mass is 380 g/mol. The van der Waals surface area contributed by atoms with Crippen LogP contribution in [0, 0.1) is 6.92 Å². The van der Waals surface area contributed by atoms with E-state index in [9.17, 15) is 4.79 Å². The number of nitrogens with zero attached hydrogens (tertiary/aromatic N) is 3. The van der Waals surface area contributed by atoms with Gasteiger partial charge in [0.2, 0.25) is 0 Å². The molecule has 5 nitrogen and oxygen atoms in total. The predicted molar refractivity (Wildman–Crippen MR) is 98.7 cm³/mol. The first kappa shape index (κ1) is 17.0. The molecule has 0 aliphatic heterocycles. The summed E-state index contributed by atoms with van der Waals surface area (Å²) in [6.07, 6.45) is 3.35. The van der Waals surface area contributed by atoms with E-state index in [1.807, 2.05) is 20.0 Å². The Morgan fingerprint density at radius 2 is 1.92 bits per heavy atom. The van der Waals surface area contributed by atoms with Gasteiger partial charge in [-0.25, -0.2) is 4.98 Å². The van der Waals surface area contributed by atoms with Crippen molar-refractivity contribution in [1.82, 2.24) is 14.8 Å². The fourth-order valence-corrected chi connectivity index (χ4v) is 3.25. The molecule has 1 N–H and O–H groups in total. The number of hydrogen-bond acceptors (Lipinski definition) is 5. The summed E-state index contributed by atoms with van der Waals surface area (Å²) >= 11 is 13.7. The molecule has 2 aromatic heterocycles. The van der Waals surface area contributed by atoms with Crippen LogP contribution in [0.1, 0.15) is 22.9 Å². The Labute approximate surface area is 152 Å². The summed E-state index contributed by atoms with van der Waals surface area (Å²) in [7, 11) is 0. The largest absolute Gasteiger partial charge is 0.373 e. The molecular formula is C16H14Cl2N4OS. The van der Waals surface area contributed by atoms with Crippen molar-refractivity contribution in [3.05, 3.63) is 66.9 Å². The van der Waals surface area contributed by atoms with Crippen LogP contribution >= 0.6 is 34.5 Å². The SMILES string of the molecule is Cc1cnc(C(C)Nc2cnn(-c3ccc(Cl)cc3)c(=O)c2Cl)s1.